The summed E-state index contributed by atoms with van der Waals surface area (Å²) in [6, 6.07) is 0. The van der Waals surface area contributed by atoms with E-state index in [1.807, 2.05) is 0 Å². The molecule has 0 aromatic carbocycles. The zero-order valence-corrected chi connectivity index (χ0v) is 3.61. The van der Waals surface area contributed by atoms with Gasteiger partial charge in [-0.1, -0.05) is 0 Å². The fourth-order valence-corrected chi connectivity index (χ4v) is 0. The number of hydrogen-bond acceptors (Lipinski definition) is 2. The summed E-state index contributed by atoms with van der Waals surface area (Å²) in [5.41, 5.74) is 0. The average molecular weight is 282 g/mol. The molecule has 0 saturated carbocycles. The molecule has 0 saturated heterocycles. The third-order valence-electron chi connectivity index (χ3n) is 0. The van der Waals surface area contributed by atoms with Gasteiger partial charge in [-0.15, -0.1) is 0 Å². The van der Waals surface area contributed by atoms with Crippen molar-refractivity contribution in [1.82, 2.24) is 0 Å². The Morgan fingerprint density at radius 3 is 0.800 bits per heavy atom. The van der Waals surface area contributed by atoms with Gasteiger partial charge in [-0.2, -0.15) is 0 Å². The average Bonchev–Trinajstić information content (AvgIpc) is 1.25. The van der Waals surface area contributed by atoms with E-state index in [0.717, 1.165) is 0 Å². The Bertz CT molecular complexity index is 73.7. The molecule has 0 radical (unpaired) electrons. The van der Waals surface area contributed by atoms with Crippen LogP contribution in [0.2, 0.25) is 0 Å². The Hall–Kier alpha value is 1.59. The molecular weight excluding hydrogens is 276 g/mol. The zero-order chi connectivity index (χ0) is 7.15. The summed E-state index contributed by atoms with van der Waals surface area (Å²) in [5, 5.41) is 27.9. The molecule has 0 spiro atoms. The predicted molar refractivity (Wildman–Crippen MR) is 35.6 cm³/mol. The van der Waals surface area contributed by atoms with Crippen LogP contribution < -0.4 is 0 Å². The van der Waals surface area contributed by atoms with Crippen LogP contribution in [0.5, 0.6) is 0 Å². The molecule has 0 aliphatic heterocycles. The zero-order valence-electron chi connectivity index (χ0n) is 3.61. The molecule has 4 N–H and O–H groups in total. The van der Waals surface area contributed by atoms with Crippen LogP contribution >= 0.6 is 0 Å². The second-order valence-electron chi connectivity index (χ2n) is 0.565. The van der Waals surface area contributed by atoms with Crippen molar-refractivity contribution in [2.24, 2.45) is 0 Å². The van der Waals surface area contributed by atoms with Crippen LogP contribution in [0.25, 0.3) is 0 Å². The maximum absolute atomic E-state index is 8.56. The Kier molecular flexibility index (Phi) is 38.1. The fraction of sp³-hybridized carbons (Fsp3) is 0. The molecule has 0 aliphatic rings. The Morgan fingerprint density at radius 2 is 0.800 bits per heavy atom. The van der Waals surface area contributed by atoms with E-state index < -0.39 is 12.3 Å². The van der Waals surface area contributed by atoms with Crippen LogP contribution in [-0.4, -0.2) is 131 Å². The summed E-state index contributed by atoms with van der Waals surface area (Å²) in [5.74, 6) is 0. The van der Waals surface area contributed by atoms with Gasteiger partial charge in [0.15, 0.2) is 0 Å². The van der Waals surface area contributed by atoms with Gasteiger partial charge in [0.25, 0.3) is 0 Å². The van der Waals surface area contributed by atoms with Crippen molar-refractivity contribution in [2.75, 3.05) is 0 Å². The van der Waals surface area contributed by atoms with Crippen LogP contribution in [0.4, 0.5) is 9.59 Å². The van der Waals surface area contributed by atoms with Gasteiger partial charge in [-0.25, -0.2) is 9.59 Å². The van der Waals surface area contributed by atoms with E-state index in [0.29, 0.717) is 0 Å². The van der Waals surface area contributed by atoms with Crippen LogP contribution in [-0.2, 0) is 0 Å². The number of hydrogen-bond donors (Lipinski definition) is 4. The third-order valence-corrected chi connectivity index (χ3v) is 0. The maximum atomic E-state index is 8.56. The molecule has 0 aliphatic carbocycles. The van der Waals surface area contributed by atoms with Crippen LogP contribution in [0.15, 0.2) is 0 Å². The van der Waals surface area contributed by atoms with Crippen LogP contribution in [0, 0.1) is 0 Å². The van der Waals surface area contributed by atoms with Gasteiger partial charge < -0.3 is 20.4 Å². The first-order chi connectivity index (χ1) is 3.46. The van der Waals surface area contributed by atoms with E-state index in [1.165, 1.54) is 0 Å². The molecule has 0 atom stereocenters. The van der Waals surface area contributed by atoms with E-state index >= 15 is 0 Å². The topological polar surface area (TPSA) is 115 Å². The molecular formula is C2H6CsNaO6. The van der Waals surface area contributed by atoms with Crippen molar-refractivity contribution in [3.05, 3.63) is 0 Å². The standard InChI is InChI=1S/2CH2O3.Cs.Na.2H/c2*2-1(3)4;;;;/h2*(H2,2,3,4);;;;. The molecule has 0 bridgehead atoms. The van der Waals surface area contributed by atoms with Crippen LogP contribution in [0.1, 0.15) is 0 Å². The van der Waals surface area contributed by atoms with Crippen LogP contribution in [0.3, 0.4) is 0 Å². The molecule has 0 aromatic heterocycles. The molecule has 52 valence electrons. The summed E-state index contributed by atoms with van der Waals surface area (Å²) in [4.78, 5) is 17.1. The van der Waals surface area contributed by atoms with E-state index in [9.17, 15) is 0 Å². The molecule has 0 amide bonds. The first kappa shape index (κ1) is 22.6. The molecule has 0 heterocycles. The van der Waals surface area contributed by atoms with Gasteiger partial charge in [0, 0.05) is 0 Å². The Morgan fingerprint density at radius 1 is 0.800 bits per heavy atom. The van der Waals surface area contributed by atoms with Gasteiger partial charge in [0.05, 0.1) is 0 Å². The molecule has 8 heteroatoms. The monoisotopic (exact) mass is 282 g/mol. The molecule has 0 fully saturated rings. The van der Waals surface area contributed by atoms with Crippen molar-refractivity contribution in [3.63, 3.8) is 0 Å². The number of carbonyl (C=O) groups is 2. The fourth-order valence-electron chi connectivity index (χ4n) is 0. The molecule has 0 unspecified atom stereocenters. The second kappa shape index (κ2) is 16.9. The van der Waals surface area contributed by atoms with Gasteiger partial charge in [-0.05, 0) is 0 Å². The minimum absolute atomic E-state index is 0. The summed E-state index contributed by atoms with van der Waals surface area (Å²) >= 11 is 0. The number of rotatable bonds is 0. The van der Waals surface area contributed by atoms with E-state index in [1.54, 1.807) is 0 Å². The molecule has 0 aromatic rings. The quantitative estimate of drug-likeness (QED) is 0.430. The first-order valence-electron chi connectivity index (χ1n) is 1.30. The van der Waals surface area contributed by atoms with Crippen molar-refractivity contribution < 1.29 is 30.0 Å². The van der Waals surface area contributed by atoms with Gasteiger partial charge in [0.2, 0.25) is 0 Å². The molecule has 6 nitrogen and oxygen atoms in total. The van der Waals surface area contributed by atoms with Gasteiger partial charge in [0.1, 0.15) is 0 Å². The van der Waals surface area contributed by atoms with Crippen molar-refractivity contribution in [1.29, 1.82) is 0 Å². The normalized spacial score (nSPS) is 4.80. The molecule has 0 rings (SSSR count). The summed E-state index contributed by atoms with van der Waals surface area (Å²) in [6.07, 6.45) is -3.67. The van der Waals surface area contributed by atoms with Crippen molar-refractivity contribution >= 4 is 111 Å². The Labute approximate surface area is 137 Å². The van der Waals surface area contributed by atoms with E-state index in [4.69, 9.17) is 30.0 Å². The summed E-state index contributed by atoms with van der Waals surface area (Å²) < 4.78 is 0. The first-order valence-corrected chi connectivity index (χ1v) is 1.30. The summed E-state index contributed by atoms with van der Waals surface area (Å²) in [6.45, 7) is 0. The second-order valence-corrected chi connectivity index (χ2v) is 0.565. The van der Waals surface area contributed by atoms with Crippen molar-refractivity contribution in [3.8, 4) is 0 Å². The van der Waals surface area contributed by atoms with E-state index in [-0.39, 0.29) is 98.5 Å². The number of carboxylic acid groups (broad SMARTS) is 4. The van der Waals surface area contributed by atoms with Gasteiger partial charge >= 0.3 is 111 Å². The third kappa shape index (κ3) is 279. The predicted octanol–water partition coefficient (Wildman–Crippen LogP) is -0.852. The van der Waals surface area contributed by atoms with Gasteiger partial charge in [-0.3, -0.25) is 0 Å². The van der Waals surface area contributed by atoms with E-state index in [2.05, 4.69) is 0 Å². The summed E-state index contributed by atoms with van der Waals surface area (Å²) in [7, 11) is 0. The Balaban J connectivity index is -0.0000000300. The minimum atomic E-state index is -1.83. The SMILES string of the molecule is O=C(O)O.O=C(O)O.[CsH].[NaH]. The van der Waals surface area contributed by atoms with Crippen molar-refractivity contribution in [2.45, 2.75) is 0 Å². The molecule has 10 heavy (non-hydrogen) atoms.